The molecule has 2 saturated heterocycles. The molecule has 4 heterocycles. The Balaban J connectivity index is 1.31. The monoisotopic (exact) mass is 414 g/mol. The van der Waals surface area contributed by atoms with Crippen LogP contribution in [0.2, 0.25) is 0 Å². The van der Waals surface area contributed by atoms with Crippen molar-refractivity contribution in [1.82, 2.24) is 24.9 Å². The fourth-order valence-electron chi connectivity index (χ4n) is 4.03. The lowest BCUT2D eigenvalue weighted by atomic mass is 10.0. The smallest absolute Gasteiger partial charge is 0.409 e. The number of piperazine rings is 1. The van der Waals surface area contributed by atoms with E-state index in [-0.39, 0.29) is 6.09 Å². The summed E-state index contributed by atoms with van der Waals surface area (Å²) >= 11 is 0. The number of carbonyl (C=O) groups excluding carboxylic acids is 1. The highest BCUT2D eigenvalue weighted by Gasteiger charge is 2.23. The van der Waals surface area contributed by atoms with Crippen molar-refractivity contribution in [3.05, 3.63) is 24.2 Å². The average molecular weight is 415 g/mol. The van der Waals surface area contributed by atoms with Crippen LogP contribution < -0.4 is 4.90 Å². The number of hydrogen-bond acceptors (Lipinski definition) is 8. The minimum Gasteiger partial charge on any atom is -0.450 e. The molecule has 4 rings (SSSR count). The van der Waals surface area contributed by atoms with Crippen molar-refractivity contribution >= 4 is 11.9 Å². The van der Waals surface area contributed by atoms with E-state index in [1.807, 2.05) is 25.3 Å². The highest BCUT2D eigenvalue weighted by molar-refractivity contribution is 5.67. The van der Waals surface area contributed by atoms with Gasteiger partial charge in [-0.3, -0.25) is 4.90 Å². The predicted octanol–water partition coefficient (Wildman–Crippen LogP) is 2.64. The maximum atomic E-state index is 11.8. The Morgan fingerprint density at radius 1 is 1.23 bits per heavy atom. The minimum atomic E-state index is -0.243. The molecule has 162 valence electrons. The van der Waals surface area contributed by atoms with Crippen LogP contribution in [0.4, 0.5) is 10.6 Å². The molecule has 0 aromatic carbocycles. The van der Waals surface area contributed by atoms with E-state index in [1.54, 1.807) is 4.90 Å². The van der Waals surface area contributed by atoms with Gasteiger partial charge in [0.05, 0.1) is 13.2 Å². The number of ether oxygens (including phenoxy) is 1. The van der Waals surface area contributed by atoms with Crippen molar-refractivity contribution in [2.75, 3.05) is 50.8 Å². The molecule has 9 heteroatoms. The van der Waals surface area contributed by atoms with Gasteiger partial charge in [-0.2, -0.15) is 4.98 Å². The van der Waals surface area contributed by atoms with E-state index < -0.39 is 0 Å². The van der Waals surface area contributed by atoms with E-state index in [0.29, 0.717) is 43.9 Å². The third kappa shape index (κ3) is 4.89. The minimum absolute atomic E-state index is 0.243. The van der Waals surface area contributed by atoms with Gasteiger partial charge in [-0.15, -0.1) is 0 Å². The van der Waals surface area contributed by atoms with Crippen LogP contribution >= 0.6 is 0 Å². The maximum absolute atomic E-state index is 11.8. The summed E-state index contributed by atoms with van der Waals surface area (Å²) in [6.07, 6.45) is 4.08. The number of aromatic nitrogens is 3. The second-order valence-corrected chi connectivity index (χ2v) is 8.07. The highest BCUT2D eigenvalue weighted by atomic mass is 16.6. The Morgan fingerprint density at radius 2 is 2.07 bits per heavy atom. The van der Waals surface area contributed by atoms with Crippen LogP contribution in [0.1, 0.15) is 32.6 Å². The number of piperidine rings is 1. The number of anilines is 1. The van der Waals surface area contributed by atoms with E-state index in [9.17, 15) is 4.79 Å². The van der Waals surface area contributed by atoms with Gasteiger partial charge in [-0.25, -0.2) is 9.78 Å². The van der Waals surface area contributed by atoms with E-state index in [2.05, 4.69) is 31.8 Å². The molecule has 1 atom stereocenters. The molecule has 0 aliphatic carbocycles. The van der Waals surface area contributed by atoms with Crippen molar-refractivity contribution in [3.63, 3.8) is 0 Å². The van der Waals surface area contributed by atoms with Crippen molar-refractivity contribution in [2.24, 2.45) is 5.92 Å². The first-order chi connectivity index (χ1) is 14.6. The lowest BCUT2D eigenvalue weighted by Crippen LogP contribution is -2.48. The number of hydrogen-bond donors (Lipinski definition) is 0. The zero-order chi connectivity index (χ0) is 20.9. The molecule has 0 bridgehead atoms. The van der Waals surface area contributed by atoms with Gasteiger partial charge in [0, 0.05) is 51.0 Å². The van der Waals surface area contributed by atoms with Gasteiger partial charge in [-0.05, 0) is 37.8 Å². The van der Waals surface area contributed by atoms with E-state index in [1.165, 1.54) is 12.8 Å². The first kappa shape index (κ1) is 20.6. The van der Waals surface area contributed by atoms with Crippen LogP contribution in [0, 0.1) is 5.92 Å². The van der Waals surface area contributed by atoms with Gasteiger partial charge >= 0.3 is 6.09 Å². The van der Waals surface area contributed by atoms with Gasteiger partial charge < -0.3 is 19.1 Å². The van der Waals surface area contributed by atoms with Crippen LogP contribution in [0.15, 0.2) is 22.9 Å². The van der Waals surface area contributed by atoms with Gasteiger partial charge in [0.2, 0.25) is 11.7 Å². The lowest BCUT2D eigenvalue weighted by Gasteiger charge is -2.33. The molecule has 2 aliphatic rings. The summed E-state index contributed by atoms with van der Waals surface area (Å²) in [6, 6.07) is 4.05. The Morgan fingerprint density at radius 3 is 2.77 bits per heavy atom. The first-order valence-corrected chi connectivity index (χ1v) is 10.8. The second kappa shape index (κ2) is 9.42. The molecule has 0 radical (unpaired) electrons. The quantitative estimate of drug-likeness (QED) is 0.738. The summed E-state index contributed by atoms with van der Waals surface area (Å²) in [6.45, 7) is 9.98. The molecular formula is C21H30N6O3. The Labute approximate surface area is 177 Å². The fourth-order valence-corrected chi connectivity index (χ4v) is 4.03. The number of rotatable bonds is 5. The van der Waals surface area contributed by atoms with E-state index in [4.69, 9.17) is 9.26 Å². The molecule has 9 nitrogen and oxygen atoms in total. The molecule has 0 saturated carbocycles. The lowest BCUT2D eigenvalue weighted by molar-refractivity contribution is 0.0749. The van der Waals surface area contributed by atoms with Crippen molar-refractivity contribution < 1.29 is 14.1 Å². The van der Waals surface area contributed by atoms with Crippen molar-refractivity contribution in [2.45, 2.75) is 33.2 Å². The van der Waals surface area contributed by atoms with Crippen LogP contribution in [-0.4, -0.2) is 76.9 Å². The molecule has 0 unspecified atom stereocenters. The standard InChI is InChI=1S/C21H30N6O3/c1-3-29-21(28)26-11-9-25(10-12-26)15-19-23-20(24-30-19)17-6-7-18(22-13-17)27-8-4-5-16(2)14-27/h6-7,13,16H,3-5,8-12,14-15H2,1-2H3/t16-/m1/s1. The largest absolute Gasteiger partial charge is 0.450 e. The van der Waals surface area contributed by atoms with Crippen LogP contribution in [-0.2, 0) is 11.3 Å². The first-order valence-electron chi connectivity index (χ1n) is 10.8. The zero-order valence-electron chi connectivity index (χ0n) is 17.8. The summed E-state index contributed by atoms with van der Waals surface area (Å²) in [4.78, 5) is 27.2. The molecule has 0 spiro atoms. The zero-order valence-corrected chi connectivity index (χ0v) is 17.8. The molecule has 2 aromatic heterocycles. The topological polar surface area (TPSA) is 87.8 Å². The number of carbonyl (C=O) groups is 1. The second-order valence-electron chi connectivity index (χ2n) is 8.07. The molecule has 2 aromatic rings. The van der Waals surface area contributed by atoms with Gasteiger partial charge in [0.1, 0.15) is 5.82 Å². The molecule has 0 N–H and O–H groups in total. The van der Waals surface area contributed by atoms with Crippen LogP contribution in [0.3, 0.4) is 0 Å². The average Bonchev–Trinajstić information content (AvgIpc) is 3.23. The predicted molar refractivity (Wildman–Crippen MR) is 112 cm³/mol. The van der Waals surface area contributed by atoms with Gasteiger partial charge in [-0.1, -0.05) is 12.1 Å². The Kier molecular flexibility index (Phi) is 6.47. The van der Waals surface area contributed by atoms with Crippen molar-refractivity contribution in [1.29, 1.82) is 0 Å². The third-order valence-electron chi connectivity index (χ3n) is 5.71. The fraction of sp³-hybridized carbons (Fsp3) is 0.619. The molecule has 1 amide bonds. The summed E-state index contributed by atoms with van der Waals surface area (Å²) in [5, 5.41) is 4.12. The Hall–Kier alpha value is -2.68. The summed E-state index contributed by atoms with van der Waals surface area (Å²) in [5.41, 5.74) is 0.853. The molecule has 2 aliphatic heterocycles. The van der Waals surface area contributed by atoms with Crippen LogP contribution in [0.5, 0.6) is 0 Å². The normalized spacial score (nSPS) is 20.4. The molecule has 30 heavy (non-hydrogen) atoms. The Bertz CT molecular complexity index is 832. The number of pyridine rings is 1. The van der Waals surface area contributed by atoms with Crippen LogP contribution in [0.25, 0.3) is 11.4 Å². The van der Waals surface area contributed by atoms with Gasteiger partial charge in [0.15, 0.2) is 0 Å². The summed E-state index contributed by atoms with van der Waals surface area (Å²) in [5.74, 6) is 2.84. The number of amides is 1. The van der Waals surface area contributed by atoms with E-state index >= 15 is 0 Å². The SMILES string of the molecule is CCOC(=O)N1CCN(Cc2nc(-c3ccc(N4CCC[C@@H](C)C4)nc3)no2)CC1. The molecule has 2 fully saturated rings. The van der Waals surface area contributed by atoms with E-state index in [0.717, 1.165) is 37.6 Å². The van der Waals surface area contributed by atoms with Crippen molar-refractivity contribution in [3.8, 4) is 11.4 Å². The summed E-state index contributed by atoms with van der Waals surface area (Å²) < 4.78 is 10.5. The maximum Gasteiger partial charge on any atom is 0.409 e. The number of nitrogens with zero attached hydrogens (tertiary/aromatic N) is 6. The third-order valence-corrected chi connectivity index (χ3v) is 5.71. The summed E-state index contributed by atoms with van der Waals surface area (Å²) in [7, 11) is 0. The molecular weight excluding hydrogens is 384 g/mol. The van der Waals surface area contributed by atoms with Gasteiger partial charge in [0.25, 0.3) is 0 Å². The highest BCUT2D eigenvalue weighted by Crippen LogP contribution is 2.23.